The molecule has 0 bridgehead atoms. The topological polar surface area (TPSA) is 73.9 Å². The second-order valence-corrected chi connectivity index (χ2v) is 7.31. The van der Waals surface area contributed by atoms with Crippen LogP contribution in [0.15, 0.2) is 30.3 Å². The molecule has 0 saturated carbocycles. The van der Waals surface area contributed by atoms with Crippen LogP contribution in [0.3, 0.4) is 0 Å². The Morgan fingerprint density at radius 3 is 2.41 bits per heavy atom. The van der Waals surface area contributed by atoms with Crippen molar-refractivity contribution in [3.05, 3.63) is 35.9 Å². The lowest BCUT2D eigenvalue weighted by Crippen LogP contribution is -2.35. The summed E-state index contributed by atoms with van der Waals surface area (Å²) < 4.78 is 28.2. The Morgan fingerprint density at radius 1 is 1.23 bits per heavy atom. The molecule has 1 aromatic carbocycles. The molecule has 0 aromatic heterocycles. The third-order valence-corrected chi connectivity index (χ3v) is 4.60. The molecule has 0 aliphatic carbocycles. The number of benzene rings is 1. The van der Waals surface area contributed by atoms with Crippen LogP contribution in [-0.2, 0) is 30.0 Å². The summed E-state index contributed by atoms with van der Waals surface area (Å²) in [4.78, 5) is 11.8. The normalized spacial score (nSPS) is 15.3. The van der Waals surface area contributed by atoms with Crippen molar-refractivity contribution >= 4 is 13.5 Å². The molecule has 0 spiro atoms. The van der Waals surface area contributed by atoms with E-state index in [2.05, 4.69) is 5.09 Å². The molecule has 0 saturated heterocycles. The summed E-state index contributed by atoms with van der Waals surface area (Å²) in [6.07, 6.45) is -0.358. The van der Waals surface area contributed by atoms with Gasteiger partial charge in [-0.15, -0.1) is 0 Å². The zero-order valence-corrected chi connectivity index (χ0v) is 14.3. The quantitative estimate of drug-likeness (QED) is 0.555. The van der Waals surface area contributed by atoms with Gasteiger partial charge in [-0.1, -0.05) is 30.3 Å². The lowest BCUT2D eigenvalue weighted by atomic mass is 10.2. The summed E-state index contributed by atoms with van der Waals surface area (Å²) in [6, 6.07) is 8.62. The van der Waals surface area contributed by atoms with Gasteiger partial charge in [-0.25, -0.2) is 5.09 Å². The lowest BCUT2D eigenvalue weighted by molar-refractivity contribution is -0.149. The van der Waals surface area contributed by atoms with Crippen LogP contribution >= 0.6 is 7.52 Å². The number of esters is 1. The van der Waals surface area contributed by atoms with E-state index in [-0.39, 0.29) is 19.1 Å². The van der Waals surface area contributed by atoms with Crippen LogP contribution in [0.1, 0.15) is 26.3 Å². The number of carbonyl (C=O) groups excluding carboxylic acids is 1. The average molecular weight is 329 g/mol. The van der Waals surface area contributed by atoms with Crippen molar-refractivity contribution in [3.8, 4) is 0 Å². The van der Waals surface area contributed by atoms with Crippen LogP contribution < -0.4 is 5.09 Å². The smallest absolute Gasteiger partial charge is 0.323 e. The maximum Gasteiger partial charge on any atom is 0.323 e. The molecule has 7 heteroatoms. The van der Waals surface area contributed by atoms with E-state index in [1.165, 1.54) is 7.11 Å². The van der Waals surface area contributed by atoms with E-state index in [1.807, 2.05) is 30.3 Å². The first-order valence-corrected chi connectivity index (χ1v) is 8.92. The van der Waals surface area contributed by atoms with E-state index in [0.29, 0.717) is 0 Å². The molecule has 22 heavy (non-hydrogen) atoms. The van der Waals surface area contributed by atoms with Gasteiger partial charge in [-0.05, 0) is 26.3 Å². The van der Waals surface area contributed by atoms with E-state index in [1.54, 1.807) is 20.8 Å². The minimum atomic E-state index is -3.31. The fraction of sp³-hybridized carbons (Fsp3) is 0.533. The first kappa shape index (κ1) is 18.8. The van der Waals surface area contributed by atoms with Crippen molar-refractivity contribution in [2.24, 2.45) is 0 Å². The minimum absolute atomic E-state index is 0.126. The minimum Gasteiger partial charge on any atom is -0.462 e. The highest BCUT2D eigenvalue weighted by atomic mass is 31.2. The van der Waals surface area contributed by atoms with Gasteiger partial charge in [0.2, 0.25) is 0 Å². The van der Waals surface area contributed by atoms with Crippen molar-refractivity contribution in [1.29, 1.82) is 0 Å². The van der Waals surface area contributed by atoms with Crippen LogP contribution in [0.2, 0.25) is 0 Å². The van der Waals surface area contributed by atoms with Gasteiger partial charge in [0.05, 0.1) is 12.7 Å². The van der Waals surface area contributed by atoms with Gasteiger partial charge in [-0.3, -0.25) is 9.36 Å². The fourth-order valence-corrected chi connectivity index (χ4v) is 3.33. The summed E-state index contributed by atoms with van der Waals surface area (Å²) >= 11 is 0. The zero-order chi connectivity index (χ0) is 16.6. The van der Waals surface area contributed by atoms with Crippen molar-refractivity contribution in [3.63, 3.8) is 0 Å². The predicted molar refractivity (Wildman–Crippen MR) is 84.5 cm³/mol. The maximum atomic E-state index is 12.7. The number of carbonyl (C=O) groups is 1. The van der Waals surface area contributed by atoms with Gasteiger partial charge in [0.1, 0.15) is 12.4 Å². The summed E-state index contributed by atoms with van der Waals surface area (Å²) in [7, 11) is -1.88. The van der Waals surface area contributed by atoms with E-state index < -0.39 is 19.5 Å². The third-order valence-electron chi connectivity index (χ3n) is 2.68. The third kappa shape index (κ3) is 6.71. The lowest BCUT2D eigenvalue weighted by Gasteiger charge is -2.23. The molecule has 0 aliphatic heterocycles. The highest BCUT2D eigenvalue weighted by Gasteiger charge is 2.29. The van der Waals surface area contributed by atoms with Crippen LogP contribution in [0.4, 0.5) is 0 Å². The van der Waals surface area contributed by atoms with Gasteiger partial charge in [0, 0.05) is 7.11 Å². The molecule has 1 rings (SSSR count). The number of methoxy groups -OCH3 is 1. The number of ether oxygens (including phenoxy) is 2. The van der Waals surface area contributed by atoms with Gasteiger partial charge < -0.3 is 14.0 Å². The second kappa shape index (κ2) is 9.06. The first-order valence-electron chi connectivity index (χ1n) is 7.11. The molecule has 0 radical (unpaired) electrons. The van der Waals surface area contributed by atoms with Crippen LogP contribution in [0, 0.1) is 0 Å². The molecule has 0 aliphatic rings. The summed E-state index contributed by atoms with van der Waals surface area (Å²) in [5, 5.41) is 2.70. The molecule has 0 fully saturated rings. The Hall–Kier alpha value is -1.20. The monoisotopic (exact) mass is 329 g/mol. The molecule has 6 nitrogen and oxygen atoms in total. The van der Waals surface area contributed by atoms with Gasteiger partial charge in [0.15, 0.2) is 0 Å². The van der Waals surface area contributed by atoms with E-state index in [9.17, 15) is 9.36 Å². The molecule has 0 amide bonds. The summed E-state index contributed by atoms with van der Waals surface area (Å²) in [5.74, 6) is -0.477. The molecular formula is C15H24NO5P. The van der Waals surface area contributed by atoms with E-state index >= 15 is 0 Å². The molecule has 1 N–H and O–H groups in total. The van der Waals surface area contributed by atoms with Crippen LogP contribution in [-0.4, -0.2) is 31.6 Å². The highest BCUT2D eigenvalue weighted by Crippen LogP contribution is 2.43. The van der Waals surface area contributed by atoms with Crippen LogP contribution in [0.5, 0.6) is 0 Å². The van der Waals surface area contributed by atoms with Crippen molar-refractivity contribution in [1.82, 2.24) is 5.09 Å². The predicted octanol–water partition coefficient (Wildman–Crippen LogP) is 2.93. The zero-order valence-electron chi connectivity index (χ0n) is 13.4. The largest absolute Gasteiger partial charge is 0.462 e. The Balaban J connectivity index is 2.65. The average Bonchev–Trinajstić information content (AvgIpc) is 2.46. The Kier molecular flexibility index (Phi) is 7.76. The SMILES string of the molecule is COCP(=O)(N[C@@H](C)C(=O)OC(C)C)OCc1ccccc1. The van der Waals surface area contributed by atoms with Gasteiger partial charge >= 0.3 is 5.97 Å². The van der Waals surface area contributed by atoms with Crippen molar-refractivity contribution in [2.45, 2.75) is 39.5 Å². The molecular weight excluding hydrogens is 305 g/mol. The number of rotatable bonds is 9. The number of hydrogen-bond donors (Lipinski definition) is 1. The molecule has 0 heterocycles. The highest BCUT2D eigenvalue weighted by molar-refractivity contribution is 7.56. The second-order valence-electron chi connectivity index (χ2n) is 5.19. The van der Waals surface area contributed by atoms with Gasteiger partial charge in [-0.2, -0.15) is 0 Å². The fourth-order valence-electron chi connectivity index (χ4n) is 1.72. The Bertz CT molecular complexity index is 506. The Labute approximate surface area is 131 Å². The maximum absolute atomic E-state index is 12.7. The van der Waals surface area contributed by atoms with Gasteiger partial charge in [0.25, 0.3) is 7.52 Å². The molecule has 2 atom stereocenters. The molecule has 1 unspecified atom stereocenters. The molecule has 1 aromatic rings. The number of hydrogen-bond acceptors (Lipinski definition) is 5. The molecule has 124 valence electrons. The summed E-state index contributed by atoms with van der Waals surface area (Å²) in [5.41, 5.74) is 0.887. The summed E-state index contributed by atoms with van der Waals surface area (Å²) in [6.45, 7) is 5.26. The van der Waals surface area contributed by atoms with E-state index in [4.69, 9.17) is 14.0 Å². The van der Waals surface area contributed by atoms with E-state index in [0.717, 1.165) is 5.56 Å². The van der Waals surface area contributed by atoms with Crippen LogP contribution in [0.25, 0.3) is 0 Å². The Morgan fingerprint density at radius 2 is 1.86 bits per heavy atom. The standard InChI is InChI=1S/C15H24NO5P/c1-12(2)21-15(17)13(3)16-22(18,11-19-4)20-10-14-8-6-5-7-9-14/h5-9,12-13H,10-11H2,1-4H3,(H,16,18)/t13-,22?/m0/s1. The van der Waals surface area contributed by atoms with Crippen molar-refractivity contribution in [2.75, 3.05) is 13.5 Å². The first-order chi connectivity index (χ1) is 10.4. The number of nitrogens with one attached hydrogen (secondary N) is 1. The van der Waals surface area contributed by atoms with Crippen molar-refractivity contribution < 1.29 is 23.4 Å².